The average molecular weight is 455 g/mol. The third-order valence-corrected chi connectivity index (χ3v) is 5.60. The maximum absolute atomic E-state index is 13.3. The van der Waals surface area contributed by atoms with Gasteiger partial charge in [0.1, 0.15) is 12.3 Å². The van der Waals surface area contributed by atoms with Crippen LogP contribution >= 0.6 is 0 Å². The molecule has 6 nitrogen and oxygen atoms in total. The van der Waals surface area contributed by atoms with Gasteiger partial charge in [-0.05, 0) is 49.2 Å². The lowest BCUT2D eigenvalue weighted by molar-refractivity contribution is -0.116. The number of benzene rings is 3. The summed E-state index contributed by atoms with van der Waals surface area (Å²) >= 11 is 0. The Morgan fingerprint density at radius 2 is 1.68 bits per heavy atom. The van der Waals surface area contributed by atoms with Crippen molar-refractivity contribution in [2.24, 2.45) is 0 Å². The molecular weight excluding hydrogens is 428 g/mol. The largest absolute Gasteiger partial charge is 0.494 e. The van der Waals surface area contributed by atoms with Gasteiger partial charge >= 0.3 is 0 Å². The number of hydrogen-bond acceptors (Lipinski definition) is 4. The topological polar surface area (TPSA) is 77.4 Å². The predicted octanol–water partition coefficient (Wildman–Crippen LogP) is 4.83. The van der Waals surface area contributed by atoms with E-state index in [1.54, 1.807) is 53.1 Å². The number of aromatic nitrogens is 1. The van der Waals surface area contributed by atoms with Crippen LogP contribution in [0.2, 0.25) is 0 Å². The van der Waals surface area contributed by atoms with E-state index in [0.29, 0.717) is 34.5 Å². The highest BCUT2D eigenvalue weighted by Crippen LogP contribution is 2.21. The Balaban J connectivity index is 1.74. The van der Waals surface area contributed by atoms with Crippen LogP contribution in [0.3, 0.4) is 0 Å². The lowest BCUT2D eigenvalue weighted by Gasteiger charge is -2.14. The molecule has 3 aromatic carbocycles. The van der Waals surface area contributed by atoms with Crippen molar-refractivity contribution < 1.29 is 14.3 Å². The van der Waals surface area contributed by atoms with E-state index >= 15 is 0 Å². The third-order valence-electron chi connectivity index (χ3n) is 5.60. The van der Waals surface area contributed by atoms with Gasteiger partial charge in [-0.3, -0.25) is 14.4 Å². The van der Waals surface area contributed by atoms with Crippen molar-refractivity contribution >= 4 is 28.3 Å². The number of ether oxygens (including phenoxy) is 1. The molecule has 0 aliphatic heterocycles. The minimum atomic E-state index is -0.391. The summed E-state index contributed by atoms with van der Waals surface area (Å²) in [7, 11) is 0. The van der Waals surface area contributed by atoms with Gasteiger partial charge in [-0.1, -0.05) is 49.4 Å². The number of rotatable bonds is 8. The van der Waals surface area contributed by atoms with Crippen LogP contribution in [0.1, 0.15) is 35.3 Å². The molecule has 0 spiro atoms. The molecule has 4 rings (SSSR count). The lowest BCUT2D eigenvalue weighted by atomic mass is 10.0. The first-order valence-electron chi connectivity index (χ1n) is 11.3. The Morgan fingerprint density at radius 1 is 0.941 bits per heavy atom. The minimum Gasteiger partial charge on any atom is -0.494 e. The van der Waals surface area contributed by atoms with Crippen LogP contribution in [-0.2, 0) is 17.8 Å². The SMILES string of the molecule is CCOc1ccc2c(c1)c(=O)c(C(=O)c1ccccc1)cn2CC(=O)Nc1ccc(CC)cc1. The highest BCUT2D eigenvalue weighted by atomic mass is 16.5. The fourth-order valence-electron chi connectivity index (χ4n) is 3.85. The molecule has 172 valence electrons. The van der Waals surface area contributed by atoms with Crippen LogP contribution in [0.25, 0.3) is 10.9 Å². The lowest BCUT2D eigenvalue weighted by Crippen LogP contribution is -2.24. The molecular formula is C28H26N2O4. The second kappa shape index (κ2) is 10.2. The number of fused-ring (bicyclic) bond motifs is 1. The van der Waals surface area contributed by atoms with Gasteiger partial charge in [0, 0.05) is 17.4 Å². The number of ketones is 1. The zero-order valence-corrected chi connectivity index (χ0v) is 19.2. The van der Waals surface area contributed by atoms with Gasteiger partial charge < -0.3 is 14.6 Å². The highest BCUT2D eigenvalue weighted by molar-refractivity contribution is 6.10. The normalized spacial score (nSPS) is 10.8. The fourth-order valence-corrected chi connectivity index (χ4v) is 3.85. The quantitative estimate of drug-likeness (QED) is 0.387. The fraction of sp³-hybridized carbons (Fsp3) is 0.179. The van der Waals surface area contributed by atoms with Gasteiger partial charge in [-0.2, -0.15) is 0 Å². The van der Waals surface area contributed by atoms with Crippen LogP contribution in [0.15, 0.2) is 83.8 Å². The van der Waals surface area contributed by atoms with Crippen molar-refractivity contribution in [3.63, 3.8) is 0 Å². The summed E-state index contributed by atoms with van der Waals surface area (Å²) in [5, 5.41) is 3.21. The second-order valence-electron chi connectivity index (χ2n) is 7.91. The molecule has 0 bridgehead atoms. The van der Waals surface area contributed by atoms with Crippen LogP contribution in [-0.4, -0.2) is 22.9 Å². The van der Waals surface area contributed by atoms with Crippen molar-refractivity contribution in [1.29, 1.82) is 0 Å². The van der Waals surface area contributed by atoms with E-state index in [-0.39, 0.29) is 18.0 Å². The molecule has 4 aromatic rings. The molecule has 0 saturated carbocycles. The molecule has 0 atom stereocenters. The van der Waals surface area contributed by atoms with E-state index in [4.69, 9.17) is 4.74 Å². The molecule has 0 fully saturated rings. The summed E-state index contributed by atoms with van der Waals surface area (Å²) in [6.45, 7) is 4.31. The molecule has 0 unspecified atom stereocenters. The minimum absolute atomic E-state index is 0.00690. The smallest absolute Gasteiger partial charge is 0.244 e. The first-order chi connectivity index (χ1) is 16.5. The summed E-state index contributed by atoms with van der Waals surface area (Å²) in [5.74, 6) is -0.122. The first kappa shape index (κ1) is 23.0. The van der Waals surface area contributed by atoms with E-state index in [9.17, 15) is 14.4 Å². The standard InChI is InChI=1S/C28H26N2O4/c1-3-19-10-12-21(13-11-19)29-26(31)18-30-17-24(27(32)20-8-6-5-7-9-20)28(33)23-16-22(34-4-2)14-15-25(23)30/h5-17H,3-4,18H2,1-2H3,(H,29,31). The number of hydrogen-bond donors (Lipinski definition) is 1. The summed E-state index contributed by atoms with van der Waals surface area (Å²) in [5.41, 5.74) is 2.44. The second-order valence-corrected chi connectivity index (χ2v) is 7.91. The van der Waals surface area contributed by atoms with Gasteiger partial charge in [0.15, 0.2) is 5.78 Å². The van der Waals surface area contributed by atoms with E-state index in [1.807, 2.05) is 31.2 Å². The van der Waals surface area contributed by atoms with Crippen LogP contribution in [0.5, 0.6) is 5.75 Å². The predicted molar refractivity (Wildman–Crippen MR) is 134 cm³/mol. The number of pyridine rings is 1. The molecule has 1 aromatic heterocycles. The maximum Gasteiger partial charge on any atom is 0.244 e. The van der Waals surface area contributed by atoms with E-state index in [0.717, 1.165) is 6.42 Å². The number of nitrogens with zero attached hydrogens (tertiary/aromatic N) is 1. The Labute approximate surface area is 197 Å². The monoisotopic (exact) mass is 454 g/mol. The summed E-state index contributed by atoms with van der Waals surface area (Å²) in [6, 6.07) is 21.4. The van der Waals surface area contributed by atoms with E-state index < -0.39 is 11.2 Å². The third kappa shape index (κ3) is 4.91. The van der Waals surface area contributed by atoms with Crippen molar-refractivity contribution in [2.75, 3.05) is 11.9 Å². The molecule has 6 heteroatoms. The number of amides is 1. The van der Waals surface area contributed by atoms with Crippen LogP contribution < -0.4 is 15.5 Å². The van der Waals surface area contributed by atoms with Gasteiger partial charge in [0.2, 0.25) is 11.3 Å². The Hall–Kier alpha value is -4.19. The zero-order chi connectivity index (χ0) is 24.1. The molecule has 0 radical (unpaired) electrons. The van der Waals surface area contributed by atoms with E-state index in [1.165, 1.54) is 11.8 Å². The number of carbonyl (C=O) groups excluding carboxylic acids is 2. The Morgan fingerprint density at radius 3 is 2.35 bits per heavy atom. The van der Waals surface area contributed by atoms with Crippen molar-refractivity contribution in [3.05, 3.63) is 106 Å². The summed E-state index contributed by atoms with van der Waals surface area (Å²) in [4.78, 5) is 39.3. The Bertz CT molecular complexity index is 1390. The first-order valence-corrected chi connectivity index (χ1v) is 11.3. The van der Waals surface area contributed by atoms with Gasteiger partial charge in [0.05, 0.1) is 23.1 Å². The number of nitrogens with one attached hydrogen (secondary N) is 1. The molecule has 1 N–H and O–H groups in total. The Kier molecular flexibility index (Phi) is 6.87. The number of aryl methyl sites for hydroxylation is 1. The molecule has 34 heavy (non-hydrogen) atoms. The molecule has 0 aliphatic rings. The van der Waals surface area contributed by atoms with Crippen molar-refractivity contribution in [1.82, 2.24) is 4.57 Å². The van der Waals surface area contributed by atoms with Crippen molar-refractivity contribution in [2.45, 2.75) is 26.8 Å². The highest BCUT2D eigenvalue weighted by Gasteiger charge is 2.18. The molecule has 0 aliphatic carbocycles. The molecule has 1 heterocycles. The van der Waals surface area contributed by atoms with Crippen LogP contribution in [0, 0.1) is 0 Å². The van der Waals surface area contributed by atoms with Crippen molar-refractivity contribution in [3.8, 4) is 5.75 Å². The van der Waals surface area contributed by atoms with E-state index in [2.05, 4.69) is 12.2 Å². The van der Waals surface area contributed by atoms with Gasteiger partial charge in [0.25, 0.3) is 0 Å². The summed E-state index contributed by atoms with van der Waals surface area (Å²) in [6.07, 6.45) is 2.39. The van der Waals surface area contributed by atoms with Crippen LogP contribution in [0.4, 0.5) is 5.69 Å². The van der Waals surface area contributed by atoms with Gasteiger partial charge in [-0.15, -0.1) is 0 Å². The molecule has 1 amide bonds. The number of anilines is 1. The zero-order valence-electron chi connectivity index (χ0n) is 19.2. The van der Waals surface area contributed by atoms with Gasteiger partial charge in [-0.25, -0.2) is 0 Å². The average Bonchev–Trinajstić information content (AvgIpc) is 2.86. The number of carbonyl (C=O) groups is 2. The molecule has 0 saturated heterocycles. The maximum atomic E-state index is 13.3. The summed E-state index contributed by atoms with van der Waals surface area (Å²) < 4.78 is 7.20.